The van der Waals surface area contributed by atoms with E-state index in [4.69, 9.17) is 4.74 Å². The van der Waals surface area contributed by atoms with Gasteiger partial charge in [0.2, 0.25) is 0 Å². The van der Waals surface area contributed by atoms with E-state index in [1.54, 1.807) is 0 Å². The molecule has 0 saturated carbocycles. The first kappa shape index (κ1) is 18.0. The highest BCUT2D eigenvalue weighted by atomic mass is 79.9. The van der Waals surface area contributed by atoms with Crippen LogP contribution in [0.25, 0.3) is 0 Å². The summed E-state index contributed by atoms with van der Waals surface area (Å²) in [6.07, 6.45) is 0.923. The standard InChI is InChI=1S/C16H25BrN2O2/c1-5-6-18-15(20)10-21-16-12(4)7-14(17)8-13(16)9-19-11(2)3/h7-8,11,19H,5-6,9-10H2,1-4H3,(H,18,20). The minimum absolute atomic E-state index is 0.0527. The largest absolute Gasteiger partial charge is 0.483 e. The minimum Gasteiger partial charge on any atom is -0.483 e. The Bertz CT molecular complexity index is 476. The van der Waals surface area contributed by atoms with Crippen LogP contribution in [-0.2, 0) is 11.3 Å². The van der Waals surface area contributed by atoms with Gasteiger partial charge in [0.15, 0.2) is 6.61 Å². The van der Waals surface area contributed by atoms with Crippen molar-refractivity contribution in [2.24, 2.45) is 0 Å². The maximum atomic E-state index is 11.7. The lowest BCUT2D eigenvalue weighted by atomic mass is 10.1. The summed E-state index contributed by atoms with van der Waals surface area (Å²) < 4.78 is 6.76. The van der Waals surface area contributed by atoms with Crippen LogP contribution in [0.15, 0.2) is 16.6 Å². The number of hydrogen-bond donors (Lipinski definition) is 2. The zero-order valence-corrected chi connectivity index (χ0v) is 14.8. The molecule has 0 unspecified atom stereocenters. The lowest BCUT2D eigenvalue weighted by Gasteiger charge is -2.16. The first-order chi connectivity index (χ1) is 9.93. The number of rotatable bonds is 8. The fraction of sp³-hybridized carbons (Fsp3) is 0.562. The number of carbonyl (C=O) groups excluding carboxylic acids is 1. The Morgan fingerprint density at radius 2 is 2.10 bits per heavy atom. The molecule has 0 heterocycles. The Hall–Kier alpha value is -1.07. The second-order valence-corrected chi connectivity index (χ2v) is 6.30. The molecular weight excluding hydrogens is 332 g/mol. The number of benzene rings is 1. The Labute approximate surface area is 135 Å². The van der Waals surface area contributed by atoms with Crippen molar-refractivity contribution in [2.75, 3.05) is 13.2 Å². The molecule has 4 nitrogen and oxygen atoms in total. The van der Waals surface area contributed by atoms with Gasteiger partial charge in [-0.25, -0.2) is 0 Å². The zero-order valence-electron chi connectivity index (χ0n) is 13.3. The van der Waals surface area contributed by atoms with E-state index in [9.17, 15) is 4.79 Å². The summed E-state index contributed by atoms with van der Waals surface area (Å²) in [6, 6.07) is 4.42. The van der Waals surface area contributed by atoms with Crippen molar-refractivity contribution in [1.82, 2.24) is 10.6 Å². The van der Waals surface area contributed by atoms with Crippen LogP contribution < -0.4 is 15.4 Å². The highest BCUT2D eigenvalue weighted by Crippen LogP contribution is 2.28. The molecule has 118 valence electrons. The Morgan fingerprint density at radius 3 is 2.71 bits per heavy atom. The third-order valence-electron chi connectivity index (χ3n) is 2.94. The van der Waals surface area contributed by atoms with Gasteiger partial charge < -0.3 is 15.4 Å². The molecule has 1 amide bonds. The molecule has 0 radical (unpaired) electrons. The smallest absolute Gasteiger partial charge is 0.257 e. The fourth-order valence-electron chi connectivity index (χ4n) is 1.90. The van der Waals surface area contributed by atoms with E-state index >= 15 is 0 Å². The van der Waals surface area contributed by atoms with Crippen molar-refractivity contribution in [3.05, 3.63) is 27.7 Å². The van der Waals surface area contributed by atoms with Crippen molar-refractivity contribution >= 4 is 21.8 Å². The van der Waals surface area contributed by atoms with Crippen LogP contribution in [0.4, 0.5) is 0 Å². The molecule has 1 aromatic carbocycles. The number of halogens is 1. The van der Waals surface area contributed by atoms with Gasteiger partial charge in [0.25, 0.3) is 5.91 Å². The van der Waals surface area contributed by atoms with Crippen molar-refractivity contribution in [3.63, 3.8) is 0 Å². The molecule has 2 N–H and O–H groups in total. The molecule has 0 spiro atoms. The quantitative estimate of drug-likeness (QED) is 0.752. The van der Waals surface area contributed by atoms with Crippen molar-refractivity contribution < 1.29 is 9.53 Å². The van der Waals surface area contributed by atoms with Gasteiger partial charge in [0.1, 0.15) is 5.75 Å². The van der Waals surface area contributed by atoms with Crippen molar-refractivity contribution in [1.29, 1.82) is 0 Å². The van der Waals surface area contributed by atoms with Gasteiger partial charge in [0.05, 0.1) is 0 Å². The summed E-state index contributed by atoms with van der Waals surface area (Å²) in [5, 5.41) is 6.19. The van der Waals surface area contributed by atoms with E-state index in [0.29, 0.717) is 19.1 Å². The lowest BCUT2D eigenvalue weighted by Crippen LogP contribution is -2.30. The van der Waals surface area contributed by atoms with Crippen LogP contribution in [0, 0.1) is 6.92 Å². The number of carbonyl (C=O) groups is 1. The van der Waals surface area contributed by atoms with E-state index in [-0.39, 0.29) is 12.5 Å². The summed E-state index contributed by atoms with van der Waals surface area (Å²) in [6.45, 7) is 9.66. The van der Waals surface area contributed by atoms with Crippen LogP contribution in [-0.4, -0.2) is 25.1 Å². The Kier molecular flexibility index (Phi) is 7.75. The van der Waals surface area contributed by atoms with Gasteiger partial charge in [-0.05, 0) is 31.0 Å². The summed E-state index contributed by atoms with van der Waals surface area (Å²) in [5.41, 5.74) is 2.08. The van der Waals surface area contributed by atoms with Crippen LogP contribution in [0.5, 0.6) is 5.75 Å². The molecule has 1 rings (SSSR count). The monoisotopic (exact) mass is 356 g/mol. The number of aryl methyl sites for hydroxylation is 1. The molecule has 1 aromatic rings. The molecule has 0 aliphatic rings. The third kappa shape index (κ3) is 6.48. The van der Waals surface area contributed by atoms with E-state index in [2.05, 4.69) is 40.4 Å². The molecule has 21 heavy (non-hydrogen) atoms. The lowest BCUT2D eigenvalue weighted by molar-refractivity contribution is -0.123. The molecule has 0 fully saturated rings. The average Bonchev–Trinajstić information content (AvgIpc) is 2.41. The maximum Gasteiger partial charge on any atom is 0.257 e. The first-order valence-corrected chi connectivity index (χ1v) is 8.15. The van der Waals surface area contributed by atoms with Crippen LogP contribution in [0.2, 0.25) is 0 Å². The zero-order chi connectivity index (χ0) is 15.8. The van der Waals surface area contributed by atoms with Gasteiger partial charge in [-0.3, -0.25) is 4.79 Å². The normalized spacial score (nSPS) is 10.8. The molecule has 5 heteroatoms. The minimum atomic E-state index is -0.0815. The molecule has 0 atom stereocenters. The van der Waals surface area contributed by atoms with Crippen LogP contribution >= 0.6 is 15.9 Å². The van der Waals surface area contributed by atoms with Gasteiger partial charge in [0, 0.05) is 29.2 Å². The highest BCUT2D eigenvalue weighted by Gasteiger charge is 2.11. The van der Waals surface area contributed by atoms with E-state index in [0.717, 1.165) is 27.8 Å². The van der Waals surface area contributed by atoms with Crippen LogP contribution in [0.3, 0.4) is 0 Å². The van der Waals surface area contributed by atoms with E-state index in [1.165, 1.54) is 0 Å². The second kappa shape index (κ2) is 9.05. The predicted molar refractivity (Wildman–Crippen MR) is 89.7 cm³/mol. The van der Waals surface area contributed by atoms with Gasteiger partial charge in [-0.2, -0.15) is 0 Å². The van der Waals surface area contributed by atoms with E-state index in [1.807, 2.05) is 26.0 Å². The topological polar surface area (TPSA) is 50.4 Å². The molecule has 0 aliphatic carbocycles. The van der Waals surface area contributed by atoms with Gasteiger partial charge >= 0.3 is 0 Å². The number of nitrogens with one attached hydrogen (secondary N) is 2. The summed E-state index contributed by atoms with van der Waals surface area (Å²) in [5.74, 6) is 0.708. The second-order valence-electron chi connectivity index (χ2n) is 5.39. The summed E-state index contributed by atoms with van der Waals surface area (Å²) in [4.78, 5) is 11.7. The molecule has 0 saturated heterocycles. The van der Waals surface area contributed by atoms with Crippen molar-refractivity contribution in [2.45, 2.75) is 46.7 Å². The maximum absolute atomic E-state index is 11.7. The first-order valence-electron chi connectivity index (χ1n) is 7.36. The Balaban J connectivity index is 2.76. The summed E-state index contributed by atoms with van der Waals surface area (Å²) >= 11 is 3.51. The van der Waals surface area contributed by atoms with Gasteiger partial charge in [-0.1, -0.05) is 36.7 Å². The van der Waals surface area contributed by atoms with Crippen LogP contribution in [0.1, 0.15) is 38.3 Å². The fourth-order valence-corrected chi connectivity index (χ4v) is 2.52. The molecule has 0 aromatic heterocycles. The number of amides is 1. The highest BCUT2D eigenvalue weighted by molar-refractivity contribution is 9.10. The predicted octanol–water partition coefficient (Wildman–Crippen LogP) is 3.16. The molecule has 0 bridgehead atoms. The molecular formula is C16H25BrN2O2. The van der Waals surface area contributed by atoms with E-state index < -0.39 is 0 Å². The van der Waals surface area contributed by atoms with Gasteiger partial charge in [-0.15, -0.1) is 0 Å². The SMILES string of the molecule is CCCNC(=O)COc1c(C)cc(Br)cc1CNC(C)C. The number of hydrogen-bond acceptors (Lipinski definition) is 3. The summed E-state index contributed by atoms with van der Waals surface area (Å²) in [7, 11) is 0. The Morgan fingerprint density at radius 1 is 1.38 bits per heavy atom. The molecule has 0 aliphatic heterocycles. The number of ether oxygens (including phenoxy) is 1. The third-order valence-corrected chi connectivity index (χ3v) is 3.39. The van der Waals surface area contributed by atoms with Crippen molar-refractivity contribution in [3.8, 4) is 5.75 Å². The average molecular weight is 357 g/mol.